The highest BCUT2D eigenvalue weighted by Gasteiger charge is 2.29. The van der Waals surface area contributed by atoms with E-state index in [1.807, 2.05) is 55.1 Å². The smallest absolute Gasteiger partial charge is 0.390 e. The third-order valence-corrected chi connectivity index (χ3v) is 7.08. The highest BCUT2D eigenvalue weighted by Crippen LogP contribution is 2.31. The van der Waals surface area contributed by atoms with Crippen LogP contribution in [0.15, 0.2) is 42.6 Å². The number of hydrogen-bond acceptors (Lipinski definition) is 5. The van der Waals surface area contributed by atoms with E-state index in [0.29, 0.717) is 30.0 Å². The molecular formula is C29H37F3N4O2. The molecule has 206 valence electrons. The van der Waals surface area contributed by atoms with Gasteiger partial charge in [-0.05, 0) is 92.2 Å². The molecule has 0 bridgehead atoms. The number of allylic oxidation sites excluding steroid dienone is 1. The lowest BCUT2D eigenvalue weighted by molar-refractivity contribution is -0.138. The van der Waals surface area contributed by atoms with E-state index < -0.39 is 12.6 Å². The van der Waals surface area contributed by atoms with Crippen molar-refractivity contribution in [3.8, 4) is 5.75 Å². The summed E-state index contributed by atoms with van der Waals surface area (Å²) in [5, 5.41) is 13.8. The Balaban J connectivity index is 1.72. The quantitative estimate of drug-likeness (QED) is 0.338. The van der Waals surface area contributed by atoms with Gasteiger partial charge in [0.15, 0.2) is 0 Å². The number of carbonyl (C=O) groups excluding carboxylic acids is 1. The zero-order chi connectivity index (χ0) is 27.9. The zero-order valence-electron chi connectivity index (χ0n) is 22.4. The second-order valence-electron chi connectivity index (χ2n) is 9.78. The van der Waals surface area contributed by atoms with Crippen LogP contribution >= 0.6 is 0 Å². The maximum Gasteiger partial charge on any atom is 0.390 e. The van der Waals surface area contributed by atoms with Crippen molar-refractivity contribution >= 4 is 17.7 Å². The number of nitrogens with zero attached hydrogens (tertiary/aromatic N) is 1. The molecule has 3 N–H and O–H groups in total. The van der Waals surface area contributed by atoms with E-state index in [4.69, 9.17) is 10.1 Å². The Morgan fingerprint density at radius 3 is 2.53 bits per heavy atom. The SMILES string of the molecule is CN/C=C(\C=N)c1cc(OC)cc([C@@H](C)NC(=O)c2cc(C3CCN(CCC(F)(F)F)CC3)ccc2C)c1. The Bertz CT molecular complexity index is 1150. The first-order valence-electron chi connectivity index (χ1n) is 12.8. The summed E-state index contributed by atoms with van der Waals surface area (Å²) in [5.74, 6) is 0.644. The molecule has 3 rings (SSSR count). The number of rotatable bonds is 10. The van der Waals surface area contributed by atoms with Gasteiger partial charge in [-0.1, -0.05) is 12.1 Å². The van der Waals surface area contributed by atoms with E-state index in [2.05, 4.69) is 10.6 Å². The van der Waals surface area contributed by atoms with E-state index >= 15 is 0 Å². The molecule has 9 heteroatoms. The van der Waals surface area contributed by atoms with Gasteiger partial charge in [0, 0.05) is 37.1 Å². The fraction of sp³-hybridized carbons (Fsp3) is 0.448. The van der Waals surface area contributed by atoms with E-state index in [1.54, 1.807) is 20.4 Å². The van der Waals surface area contributed by atoms with Crippen molar-refractivity contribution in [2.75, 3.05) is 33.8 Å². The number of alkyl halides is 3. The van der Waals surface area contributed by atoms with E-state index in [9.17, 15) is 18.0 Å². The summed E-state index contributed by atoms with van der Waals surface area (Å²) in [6, 6.07) is 11.2. The Labute approximate surface area is 222 Å². The fourth-order valence-corrected chi connectivity index (χ4v) is 4.79. The van der Waals surface area contributed by atoms with Crippen molar-refractivity contribution in [1.82, 2.24) is 15.5 Å². The maximum atomic E-state index is 13.3. The number of amides is 1. The van der Waals surface area contributed by atoms with Crippen LogP contribution in [0.3, 0.4) is 0 Å². The van der Waals surface area contributed by atoms with Crippen LogP contribution in [0.25, 0.3) is 5.57 Å². The summed E-state index contributed by atoms with van der Waals surface area (Å²) in [7, 11) is 3.34. The summed E-state index contributed by atoms with van der Waals surface area (Å²) in [6.07, 6.45) is -0.404. The van der Waals surface area contributed by atoms with Crippen LogP contribution in [0, 0.1) is 12.3 Å². The predicted octanol–water partition coefficient (Wildman–Crippen LogP) is 5.84. The fourth-order valence-electron chi connectivity index (χ4n) is 4.79. The minimum atomic E-state index is -4.13. The standard InChI is InChI=1S/C29H37F3N4O2/c1-19-5-6-22(21-7-10-36(11-8-21)12-9-29(30,31)32)16-27(19)28(37)35-20(2)23-13-24(15-26(14-23)38-4)25(17-33)18-34-3/h5-6,13-18,20-21,33-34H,7-12H2,1-4H3,(H,35,37)/b25-18+,33-17?/t20-/m1/s1. The summed E-state index contributed by atoms with van der Waals surface area (Å²) >= 11 is 0. The lowest BCUT2D eigenvalue weighted by Crippen LogP contribution is -2.35. The third kappa shape index (κ3) is 7.84. The minimum Gasteiger partial charge on any atom is -0.497 e. The van der Waals surface area contributed by atoms with Crippen LogP contribution in [0.1, 0.15) is 70.8 Å². The molecule has 0 aromatic heterocycles. The molecule has 1 aliphatic rings. The number of hydrogen-bond donors (Lipinski definition) is 3. The average Bonchev–Trinajstić information content (AvgIpc) is 2.90. The topological polar surface area (TPSA) is 77.5 Å². The van der Waals surface area contributed by atoms with Gasteiger partial charge in [-0.3, -0.25) is 4.79 Å². The lowest BCUT2D eigenvalue weighted by Gasteiger charge is -2.32. The number of carbonyl (C=O) groups is 1. The summed E-state index contributed by atoms with van der Waals surface area (Å²) in [5.41, 5.74) is 4.81. The Morgan fingerprint density at radius 2 is 1.92 bits per heavy atom. The van der Waals surface area contributed by atoms with Crippen LogP contribution < -0.4 is 15.4 Å². The molecule has 1 heterocycles. The molecule has 38 heavy (non-hydrogen) atoms. The largest absolute Gasteiger partial charge is 0.497 e. The van der Waals surface area contributed by atoms with Crippen molar-refractivity contribution in [2.24, 2.45) is 0 Å². The summed E-state index contributed by atoms with van der Waals surface area (Å²) in [4.78, 5) is 15.2. The predicted molar refractivity (Wildman–Crippen MR) is 145 cm³/mol. The first-order valence-corrected chi connectivity index (χ1v) is 12.8. The Morgan fingerprint density at radius 1 is 1.21 bits per heavy atom. The number of likely N-dealkylation sites (tertiary alicyclic amines) is 1. The Kier molecular flexibility index (Phi) is 9.96. The highest BCUT2D eigenvalue weighted by molar-refractivity contribution is 6.08. The first kappa shape index (κ1) is 29.2. The normalized spacial score (nSPS) is 16.1. The van der Waals surface area contributed by atoms with Gasteiger partial charge in [-0.15, -0.1) is 0 Å². The van der Waals surface area contributed by atoms with Gasteiger partial charge < -0.3 is 25.7 Å². The molecule has 0 spiro atoms. The molecule has 0 aliphatic carbocycles. The van der Waals surface area contributed by atoms with E-state index in [0.717, 1.165) is 35.1 Å². The van der Waals surface area contributed by atoms with E-state index in [-0.39, 0.29) is 24.4 Å². The third-order valence-electron chi connectivity index (χ3n) is 7.08. The zero-order valence-corrected chi connectivity index (χ0v) is 22.4. The highest BCUT2D eigenvalue weighted by atomic mass is 19.4. The number of piperidine rings is 1. The number of ether oxygens (including phenoxy) is 1. The second kappa shape index (κ2) is 13.0. The molecule has 2 aromatic rings. The average molecular weight is 531 g/mol. The van der Waals surface area contributed by atoms with Crippen LogP contribution in [0.4, 0.5) is 13.2 Å². The molecule has 0 radical (unpaired) electrons. The number of methoxy groups -OCH3 is 1. The van der Waals surface area contributed by atoms with Gasteiger partial charge in [-0.2, -0.15) is 13.2 Å². The summed E-state index contributed by atoms with van der Waals surface area (Å²) < 4.78 is 43.1. The van der Waals surface area contributed by atoms with Gasteiger partial charge in [-0.25, -0.2) is 0 Å². The molecule has 6 nitrogen and oxygen atoms in total. The maximum absolute atomic E-state index is 13.3. The molecule has 0 saturated carbocycles. The van der Waals surface area contributed by atoms with Crippen LogP contribution in [-0.2, 0) is 0 Å². The molecule has 0 unspecified atom stereocenters. The second-order valence-corrected chi connectivity index (χ2v) is 9.78. The molecule has 1 fully saturated rings. The number of benzene rings is 2. The molecular weight excluding hydrogens is 493 g/mol. The van der Waals surface area contributed by atoms with Gasteiger partial charge in [0.25, 0.3) is 5.91 Å². The summed E-state index contributed by atoms with van der Waals surface area (Å²) in [6.45, 7) is 5.06. The van der Waals surface area contributed by atoms with Gasteiger partial charge in [0.2, 0.25) is 0 Å². The van der Waals surface area contributed by atoms with Crippen molar-refractivity contribution in [3.05, 3.63) is 70.4 Å². The van der Waals surface area contributed by atoms with Crippen LogP contribution in [0.2, 0.25) is 0 Å². The van der Waals surface area contributed by atoms with Gasteiger partial charge in [0.05, 0.1) is 19.6 Å². The van der Waals surface area contributed by atoms with Crippen molar-refractivity contribution < 1.29 is 22.7 Å². The number of nitrogens with one attached hydrogen (secondary N) is 3. The molecule has 1 amide bonds. The molecule has 1 atom stereocenters. The molecule has 2 aromatic carbocycles. The van der Waals surface area contributed by atoms with Crippen molar-refractivity contribution in [3.63, 3.8) is 0 Å². The van der Waals surface area contributed by atoms with Crippen LogP contribution in [0.5, 0.6) is 5.75 Å². The van der Waals surface area contributed by atoms with Gasteiger partial charge in [0.1, 0.15) is 5.75 Å². The number of halogens is 3. The van der Waals surface area contributed by atoms with Crippen molar-refractivity contribution in [2.45, 2.75) is 51.2 Å². The van der Waals surface area contributed by atoms with Gasteiger partial charge >= 0.3 is 6.18 Å². The minimum absolute atomic E-state index is 0.0354. The number of aryl methyl sites for hydroxylation is 1. The monoisotopic (exact) mass is 530 g/mol. The van der Waals surface area contributed by atoms with Crippen LogP contribution in [-0.4, -0.2) is 57.0 Å². The lowest BCUT2D eigenvalue weighted by atomic mass is 9.87. The molecule has 1 saturated heterocycles. The van der Waals surface area contributed by atoms with E-state index in [1.165, 1.54) is 6.21 Å². The van der Waals surface area contributed by atoms with Crippen molar-refractivity contribution in [1.29, 1.82) is 5.41 Å². The first-order chi connectivity index (χ1) is 18.0. The molecule has 1 aliphatic heterocycles. The Hall–Kier alpha value is -3.33.